The van der Waals surface area contributed by atoms with Crippen LogP contribution in [0.15, 0.2) is 53.6 Å². The average molecular weight is 450 g/mol. The number of rotatable bonds is 5. The summed E-state index contributed by atoms with van der Waals surface area (Å²) in [5.74, 6) is 0.796. The number of ether oxygens (including phenoxy) is 1. The number of hydrogen-bond acceptors (Lipinski definition) is 6. The molecule has 0 saturated carbocycles. The van der Waals surface area contributed by atoms with Crippen molar-refractivity contribution in [3.63, 3.8) is 0 Å². The molecule has 0 amide bonds. The molecule has 2 heterocycles. The molecule has 2 aromatic heterocycles. The number of nitrogens with zero attached hydrogens (tertiary/aromatic N) is 3. The zero-order valence-corrected chi connectivity index (χ0v) is 17.2. The number of aromatic nitrogens is 4. The van der Waals surface area contributed by atoms with Crippen molar-refractivity contribution >= 4 is 49.9 Å². The van der Waals surface area contributed by atoms with Crippen LogP contribution in [0.25, 0.3) is 22.4 Å². The molecule has 0 atom stereocenters. The molecule has 0 aliphatic carbocycles. The zero-order valence-electron chi connectivity index (χ0n) is 14.8. The second-order valence-corrected chi connectivity index (χ2v) is 8.44. The van der Waals surface area contributed by atoms with Gasteiger partial charge in [0.15, 0.2) is 11.5 Å². The molecule has 0 aliphatic rings. The van der Waals surface area contributed by atoms with Crippen LogP contribution < -0.4 is 9.46 Å². The first-order valence-corrected chi connectivity index (χ1v) is 10.4. The molecule has 0 aliphatic heterocycles. The van der Waals surface area contributed by atoms with E-state index in [0.29, 0.717) is 34.0 Å². The quantitative estimate of drug-likeness (QED) is 0.473. The lowest BCUT2D eigenvalue weighted by Crippen LogP contribution is -2.13. The lowest BCUT2D eigenvalue weighted by Gasteiger charge is -2.10. The van der Waals surface area contributed by atoms with E-state index in [2.05, 4.69) is 24.9 Å². The number of anilines is 1. The smallest absolute Gasteiger partial charge is 0.263 e. The van der Waals surface area contributed by atoms with E-state index in [1.165, 1.54) is 25.3 Å². The molecule has 148 valence electrons. The number of nitrogens with one attached hydrogen (secondary N) is 2. The average Bonchev–Trinajstić information content (AvgIpc) is 3.18. The van der Waals surface area contributed by atoms with Crippen LogP contribution >= 0.6 is 23.2 Å². The minimum Gasteiger partial charge on any atom is -0.480 e. The van der Waals surface area contributed by atoms with Crippen molar-refractivity contribution < 1.29 is 13.2 Å². The fraction of sp³-hybridized carbons (Fsp3) is 0.0556. The third kappa shape index (κ3) is 3.84. The maximum absolute atomic E-state index is 12.6. The molecule has 11 heteroatoms. The fourth-order valence-electron chi connectivity index (χ4n) is 2.67. The summed E-state index contributed by atoms with van der Waals surface area (Å²) in [5, 5.41) is 7.73. The Kier molecular flexibility index (Phi) is 5.03. The molecule has 2 aromatic carbocycles. The lowest BCUT2D eigenvalue weighted by molar-refractivity contribution is 0.403. The monoisotopic (exact) mass is 449 g/mol. The van der Waals surface area contributed by atoms with E-state index in [1.54, 1.807) is 30.5 Å². The molecule has 0 unspecified atom stereocenters. The van der Waals surface area contributed by atoms with Gasteiger partial charge in [0.05, 0.1) is 18.3 Å². The Morgan fingerprint density at radius 1 is 1.07 bits per heavy atom. The van der Waals surface area contributed by atoms with Crippen molar-refractivity contribution in [1.29, 1.82) is 0 Å². The second kappa shape index (κ2) is 7.51. The van der Waals surface area contributed by atoms with Gasteiger partial charge in [0.25, 0.3) is 10.0 Å². The number of H-pyrrole nitrogens is 1. The molecule has 2 N–H and O–H groups in total. The Morgan fingerprint density at radius 2 is 1.83 bits per heavy atom. The largest absolute Gasteiger partial charge is 0.480 e. The van der Waals surface area contributed by atoms with E-state index in [0.717, 1.165) is 0 Å². The van der Waals surface area contributed by atoms with Gasteiger partial charge in [-0.2, -0.15) is 10.1 Å². The van der Waals surface area contributed by atoms with E-state index >= 15 is 0 Å². The van der Waals surface area contributed by atoms with Crippen molar-refractivity contribution in [3.05, 3.63) is 58.7 Å². The van der Waals surface area contributed by atoms with E-state index < -0.39 is 10.0 Å². The summed E-state index contributed by atoms with van der Waals surface area (Å²) in [7, 11) is -2.40. The Morgan fingerprint density at radius 3 is 2.55 bits per heavy atom. The van der Waals surface area contributed by atoms with Crippen LogP contribution in [-0.2, 0) is 10.0 Å². The highest BCUT2D eigenvalue weighted by Gasteiger charge is 2.19. The highest BCUT2D eigenvalue weighted by atomic mass is 35.5. The molecule has 8 nitrogen and oxygen atoms in total. The van der Waals surface area contributed by atoms with Crippen LogP contribution in [-0.4, -0.2) is 35.7 Å². The number of methoxy groups -OCH3 is 1. The van der Waals surface area contributed by atoms with Gasteiger partial charge in [0.2, 0.25) is 5.88 Å². The number of fused-ring (bicyclic) bond motifs is 1. The molecule has 0 radical (unpaired) electrons. The third-order valence-corrected chi connectivity index (χ3v) is 6.14. The first-order chi connectivity index (χ1) is 13.9. The topological polar surface area (TPSA) is 110 Å². The van der Waals surface area contributed by atoms with Gasteiger partial charge in [0.1, 0.15) is 10.3 Å². The Hall–Kier alpha value is -2.88. The predicted octanol–water partition coefficient (Wildman–Crippen LogP) is 4.14. The predicted molar refractivity (Wildman–Crippen MR) is 111 cm³/mol. The number of aromatic amines is 1. The van der Waals surface area contributed by atoms with E-state index in [9.17, 15) is 8.42 Å². The van der Waals surface area contributed by atoms with Gasteiger partial charge in [-0.1, -0.05) is 23.2 Å². The van der Waals surface area contributed by atoms with Gasteiger partial charge in [-0.3, -0.25) is 9.82 Å². The maximum Gasteiger partial charge on any atom is 0.263 e. The SMILES string of the molecule is COc1nc(-c2ccc(NS(=O)(=O)c3cc(Cl)ccc3Cl)cc2)nc2[nH]ncc12. The van der Waals surface area contributed by atoms with Crippen LogP contribution in [0.1, 0.15) is 0 Å². The van der Waals surface area contributed by atoms with E-state index in [1.807, 2.05) is 0 Å². The maximum atomic E-state index is 12.6. The summed E-state index contributed by atoms with van der Waals surface area (Å²) in [6.07, 6.45) is 1.58. The summed E-state index contributed by atoms with van der Waals surface area (Å²) < 4.78 is 33.0. The van der Waals surface area contributed by atoms with Crippen molar-refractivity contribution in [2.24, 2.45) is 0 Å². The first kappa shape index (κ1) is 19.4. The van der Waals surface area contributed by atoms with Gasteiger partial charge >= 0.3 is 0 Å². The minimum absolute atomic E-state index is 0.0758. The molecule has 0 bridgehead atoms. The standard InChI is InChI=1S/C18H13Cl2N5O3S/c1-28-18-13-9-21-24-17(13)22-16(23-18)10-2-5-12(6-3-10)25-29(26,27)15-8-11(19)4-7-14(15)20/h2-9,25H,1H3,(H,21,22,23,24). The fourth-order valence-corrected chi connectivity index (χ4v) is 4.50. The van der Waals surface area contributed by atoms with E-state index in [-0.39, 0.29) is 14.9 Å². The van der Waals surface area contributed by atoms with Gasteiger partial charge < -0.3 is 4.74 Å². The van der Waals surface area contributed by atoms with Gasteiger partial charge in [-0.25, -0.2) is 13.4 Å². The van der Waals surface area contributed by atoms with Crippen LogP contribution in [0.4, 0.5) is 5.69 Å². The van der Waals surface area contributed by atoms with E-state index in [4.69, 9.17) is 27.9 Å². The molecule has 0 saturated heterocycles. The van der Waals surface area contributed by atoms with Gasteiger partial charge in [-0.05, 0) is 42.5 Å². The van der Waals surface area contributed by atoms with Gasteiger partial charge in [-0.15, -0.1) is 0 Å². The summed E-state index contributed by atoms with van der Waals surface area (Å²) in [6.45, 7) is 0. The number of hydrogen-bond donors (Lipinski definition) is 2. The molecule has 29 heavy (non-hydrogen) atoms. The van der Waals surface area contributed by atoms with Crippen LogP contribution in [0.5, 0.6) is 5.88 Å². The molecule has 4 rings (SSSR count). The minimum atomic E-state index is -3.91. The molecule has 0 spiro atoms. The second-order valence-electron chi connectivity index (χ2n) is 5.95. The van der Waals surface area contributed by atoms with Crippen molar-refractivity contribution in [1.82, 2.24) is 20.2 Å². The zero-order chi connectivity index (χ0) is 20.6. The summed E-state index contributed by atoms with van der Waals surface area (Å²) >= 11 is 11.9. The Balaban J connectivity index is 1.64. The first-order valence-electron chi connectivity index (χ1n) is 8.21. The number of sulfonamides is 1. The van der Waals surface area contributed by atoms with Crippen molar-refractivity contribution in [2.75, 3.05) is 11.8 Å². The lowest BCUT2D eigenvalue weighted by atomic mass is 10.2. The number of benzene rings is 2. The van der Waals surface area contributed by atoms with Crippen LogP contribution in [0.3, 0.4) is 0 Å². The third-order valence-electron chi connectivity index (χ3n) is 4.05. The van der Waals surface area contributed by atoms with Crippen molar-refractivity contribution in [3.8, 4) is 17.3 Å². The van der Waals surface area contributed by atoms with Crippen LogP contribution in [0, 0.1) is 0 Å². The summed E-state index contributed by atoms with van der Waals surface area (Å²) in [4.78, 5) is 8.67. The highest BCUT2D eigenvalue weighted by molar-refractivity contribution is 7.92. The molecule has 4 aromatic rings. The Bertz CT molecular complexity index is 1310. The van der Waals surface area contributed by atoms with Crippen molar-refractivity contribution in [2.45, 2.75) is 4.90 Å². The summed E-state index contributed by atoms with van der Waals surface area (Å²) in [5.41, 5.74) is 1.55. The molecular formula is C18H13Cl2N5O3S. The van der Waals surface area contributed by atoms with Crippen LogP contribution in [0.2, 0.25) is 10.0 Å². The normalized spacial score (nSPS) is 11.6. The Labute approximate surface area is 175 Å². The highest BCUT2D eigenvalue weighted by Crippen LogP contribution is 2.28. The summed E-state index contributed by atoms with van der Waals surface area (Å²) in [6, 6.07) is 10.8. The molecular weight excluding hydrogens is 437 g/mol. The molecule has 0 fully saturated rings. The number of halogens is 2. The van der Waals surface area contributed by atoms with Gasteiger partial charge in [0, 0.05) is 16.3 Å².